The van der Waals surface area contributed by atoms with Crippen molar-refractivity contribution in [1.29, 1.82) is 0 Å². The molecule has 140 valence electrons. The molecule has 0 atom stereocenters. The van der Waals surface area contributed by atoms with E-state index in [0.29, 0.717) is 0 Å². The van der Waals surface area contributed by atoms with Gasteiger partial charge in [0.2, 0.25) is 0 Å². The molecule has 0 radical (unpaired) electrons. The lowest BCUT2D eigenvalue weighted by molar-refractivity contribution is 0.957. The number of hydrogen-bond acceptors (Lipinski definition) is 0. The van der Waals surface area contributed by atoms with E-state index in [1.54, 1.807) is 22.3 Å². The standard InChI is InChI=1S/C28H23N/c1-29-24-13-7-6-12-22(24)27-23-15-14-18-16-17-8-2-3-9-19(17)25(18)26(23)20-10-4-5-11-21(20)28(27)29/h2,4,6-8,10,12-15H,3,5,9,11,16H2,1H3. The average Bonchev–Trinajstić information content (AvgIpc) is 3.30. The fourth-order valence-corrected chi connectivity index (χ4v) is 6.16. The molecule has 1 nitrogen and oxygen atoms in total. The largest absolute Gasteiger partial charge is 0.343 e. The number of para-hydroxylation sites is 1. The minimum absolute atomic E-state index is 1.10. The zero-order chi connectivity index (χ0) is 19.1. The van der Waals surface area contributed by atoms with Gasteiger partial charge in [-0.1, -0.05) is 54.6 Å². The van der Waals surface area contributed by atoms with Crippen LogP contribution in [0.3, 0.4) is 0 Å². The van der Waals surface area contributed by atoms with Crippen molar-refractivity contribution in [3.05, 3.63) is 82.5 Å². The van der Waals surface area contributed by atoms with Gasteiger partial charge >= 0.3 is 0 Å². The van der Waals surface area contributed by atoms with Crippen LogP contribution in [0, 0.1) is 0 Å². The van der Waals surface area contributed by atoms with Gasteiger partial charge in [-0.15, -0.1) is 0 Å². The molecule has 3 aliphatic carbocycles. The summed E-state index contributed by atoms with van der Waals surface area (Å²) < 4.78 is 2.43. The Labute approximate surface area is 170 Å². The normalized spacial score (nSPS) is 17.4. The maximum atomic E-state index is 2.43. The Kier molecular flexibility index (Phi) is 3.00. The Morgan fingerprint density at radius 3 is 2.66 bits per heavy atom. The first-order valence-electron chi connectivity index (χ1n) is 10.9. The highest BCUT2D eigenvalue weighted by Gasteiger charge is 2.28. The molecular weight excluding hydrogens is 350 g/mol. The van der Waals surface area contributed by atoms with Gasteiger partial charge in [0.15, 0.2) is 0 Å². The molecule has 1 heterocycles. The van der Waals surface area contributed by atoms with Gasteiger partial charge in [-0.25, -0.2) is 0 Å². The lowest BCUT2D eigenvalue weighted by atomic mass is 9.84. The first-order valence-corrected chi connectivity index (χ1v) is 10.9. The Hall–Kier alpha value is -3.06. The highest BCUT2D eigenvalue weighted by Crippen LogP contribution is 2.48. The molecule has 29 heavy (non-hydrogen) atoms. The van der Waals surface area contributed by atoms with Crippen molar-refractivity contribution in [2.24, 2.45) is 7.05 Å². The predicted molar refractivity (Wildman–Crippen MR) is 124 cm³/mol. The monoisotopic (exact) mass is 373 g/mol. The molecule has 0 aliphatic heterocycles. The zero-order valence-corrected chi connectivity index (χ0v) is 16.8. The van der Waals surface area contributed by atoms with Gasteiger partial charge in [0.25, 0.3) is 0 Å². The van der Waals surface area contributed by atoms with E-state index < -0.39 is 0 Å². The van der Waals surface area contributed by atoms with E-state index in [0.717, 1.165) is 19.3 Å². The third kappa shape index (κ3) is 1.91. The fraction of sp³-hybridized carbons (Fsp3) is 0.214. The molecule has 0 spiro atoms. The van der Waals surface area contributed by atoms with Crippen LogP contribution >= 0.6 is 0 Å². The van der Waals surface area contributed by atoms with E-state index in [2.05, 4.69) is 72.3 Å². The van der Waals surface area contributed by atoms with Crippen molar-refractivity contribution in [1.82, 2.24) is 4.57 Å². The molecule has 0 fully saturated rings. The molecule has 0 N–H and O–H groups in total. The van der Waals surface area contributed by atoms with Gasteiger partial charge in [-0.05, 0) is 82.3 Å². The Bertz CT molecular complexity index is 1470. The van der Waals surface area contributed by atoms with E-state index in [1.807, 2.05) is 0 Å². The van der Waals surface area contributed by atoms with Crippen molar-refractivity contribution < 1.29 is 0 Å². The summed E-state index contributed by atoms with van der Waals surface area (Å²) in [5, 5.41) is 5.79. The Morgan fingerprint density at radius 2 is 1.69 bits per heavy atom. The minimum Gasteiger partial charge on any atom is -0.343 e. The van der Waals surface area contributed by atoms with Crippen molar-refractivity contribution in [2.75, 3.05) is 0 Å². The lowest BCUT2D eigenvalue weighted by Gasteiger charge is -2.21. The number of benzene rings is 3. The molecule has 0 saturated heterocycles. The van der Waals surface area contributed by atoms with E-state index in [-0.39, 0.29) is 0 Å². The summed E-state index contributed by atoms with van der Waals surface area (Å²) in [6, 6.07) is 13.7. The van der Waals surface area contributed by atoms with Crippen molar-refractivity contribution in [2.45, 2.75) is 32.1 Å². The number of allylic oxidation sites excluding steroid dienone is 5. The second kappa shape index (κ2) is 5.51. The van der Waals surface area contributed by atoms with Crippen LogP contribution in [0.1, 0.15) is 41.5 Å². The van der Waals surface area contributed by atoms with E-state index >= 15 is 0 Å². The van der Waals surface area contributed by atoms with Crippen LogP contribution in [0.2, 0.25) is 0 Å². The summed E-state index contributed by atoms with van der Waals surface area (Å²) in [6.07, 6.45) is 15.3. The van der Waals surface area contributed by atoms with E-state index in [9.17, 15) is 0 Å². The van der Waals surface area contributed by atoms with Crippen LogP contribution in [0.5, 0.6) is 0 Å². The maximum Gasteiger partial charge on any atom is 0.0533 e. The van der Waals surface area contributed by atoms with Gasteiger partial charge in [-0.3, -0.25) is 0 Å². The van der Waals surface area contributed by atoms with Gasteiger partial charge in [0, 0.05) is 23.3 Å². The number of rotatable bonds is 0. The van der Waals surface area contributed by atoms with Gasteiger partial charge in [0.05, 0.1) is 5.52 Å². The van der Waals surface area contributed by atoms with Crippen LogP contribution in [0.4, 0.5) is 0 Å². The van der Waals surface area contributed by atoms with E-state index in [4.69, 9.17) is 0 Å². The topological polar surface area (TPSA) is 4.93 Å². The molecule has 0 unspecified atom stereocenters. The molecule has 0 amide bonds. The highest BCUT2D eigenvalue weighted by molar-refractivity contribution is 6.25. The molecule has 0 saturated carbocycles. The van der Waals surface area contributed by atoms with Crippen LogP contribution in [0.25, 0.3) is 44.2 Å². The SMILES string of the molecule is Cn1c2ccccc2c2c3ccc4c(c3c3c(c21)CCC=C3)C1=C(C=CCC1)C4. The van der Waals surface area contributed by atoms with Crippen LogP contribution in [0.15, 0.2) is 60.2 Å². The molecule has 0 bridgehead atoms. The second-order valence-electron chi connectivity index (χ2n) is 8.78. The quantitative estimate of drug-likeness (QED) is 0.310. The van der Waals surface area contributed by atoms with Gasteiger partial charge in [0.1, 0.15) is 0 Å². The lowest BCUT2D eigenvalue weighted by Crippen LogP contribution is -2.02. The Balaban J connectivity index is 1.77. The predicted octanol–water partition coefficient (Wildman–Crippen LogP) is 7.10. The summed E-state index contributed by atoms with van der Waals surface area (Å²) >= 11 is 0. The van der Waals surface area contributed by atoms with Crippen LogP contribution in [-0.4, -0.2) is 4.57 Å². The number of aromatic nitrogens is 1. The number of fused-ring (bicyclic) bond motifs is 11. The van der Waals surface area contributed by atoms with Crippen LogP contribution < -0.4 is 0 Å². The minimum atomic E-state index is 1.10. The van der Waals surface area contributed by atoms with E-state index in [1.165, 1.54) is 56.5 Å². The number of hydrogen-bond donors (Lipinski definition) is 0. The second-order valence-corrected chi connectivity index (χ2v) is 8.78. The van der Waals surface area contributed by atoms with Crippen molar-refractivity contribution >= 4 is 44.2 Å². The summed E-state index contributed by atoms with van der Waals surface area (Å²) in [4.78, 5) is 0. The number of nitrogens with zero attached hydrogens (tertiary/aromatic N) is 1. The molecule has 1 aromatic heterocycles. The van der Waals surface area contributed by atoms with Gasteiger partial charge in [-0.2, -0.15) is 0 Å². The Morgan fingerprint density at radius 1 is 0.828 bits per heavy atom. The zero-order valence-electron chi connectivity index (χ0n) is 16.8. The smallest absolute Gasteiger partial charge is 0.0533 e. The molecule has 1 heteroatoms. The van der Waals surface area contributed by atoms with Crippen molar-refractivity contribution in [3.8, 4) is 0 Å². The van der Waals surface area contributed by atoms with Crippen LogP contribution in [-0.2, 0) is 19.9 Å². The summed E-state index contributed by atoms with van der Waals surface area (Å²) in [7, 11) is 2.25. The fourth-order valence-electron chi connectivity index (χ4n) is 6.16. The molecule has 7 rings (SSSR count). The molecule has 3 aliphatic rings. The maximum absolute atomic E-state index is 2.43. The summed E-state index contributed by atoms with van der Waals surface area (Å²) in [5.41, 5.74) is 12.0. The molecular formula is C28H23N. The average molecular weight is 373 g/mol. The third-order valence-electron chi connectivity index (χ3n) is 7.34. The van der Waals surface area contributed by atoms with Gasteiger partial charge < -0.3 is 4.57 Å². The summed E-state index contributed by atoms with van der Waals surface area (Å²) in [5.74, 6) is 0. The molecule has 4 aromatic rings. The first kappa shape index (κ1) is 15.8. The number of aryl methyl sites for hydroxylation is 2. The van der Waals surface area contributed by atoms with Crippen molar-refractivity contribution in [3.63, 3.8) is 0 Å². The molecule has 3 aromatic carbocycles. The third-order valence-corrected chi connectivity index (χ3v) is 7.34. The highest BCUT2D eigenvalue weighted by atomic mass is 14.9. The first-order chi connectivity index (χ1) is 14.3. The summed E-state index contributed by atoms with van der Waals surface area (Å²) in [6.45, 7) is 0.